The first-order valence-corrected chi connectivity index (χ1v) is 5.59. The molecule has 3 heteroatoms. The average Bonchev–Trinajstić information content (AvgIpc) is 2.21. The molecule has 0 bridgehead atoms. The molecule has 1 rings (SSSR count). The van der Waals surface area contributed by atoms with Gasteiger partial charge in [0.25, 0.3) is 5.91 Å². The predicted molar refractivity (Wildman–Crippen MR) is 64.6 cm³/mol. The molecule has 1 aromatic rings. The largest absolute Gasteiger partial charge is 0.508 e. The number of nitrogens with one attached hydrogen (secondary N) is 1. The maximum Gasteiger partial charge on any atom is 0.251 e. The van der Waals surface area contributed by atoms with E-state index in [0.29, 0.717) is 23.6 Å². The minimum absolute atomic E-state index is 0.117. The van der Waals surface area contributed by atoms with Gasteiger partial charge in [0.05, 0.1) is 0 Å². The first-order chi connectivity index (χ1) is 7.52. The molecule has 0 spiro atoms. The Morgan fingerprint density at radius 3 is 2.75 bits per heavy atom. The maximum absolute atomic E-state index is 11.8. The van der Waals surface area contributed by atoms with Crippen molar-refractivity contribution in [3.05, 3.63) is 29.3 Å². The van der Waals surface area contributed by atoms with E-state index in [1.54, 1.807) is 25.1 Å². The molecule has 0 radical (unpaired) electrons. The number of carbonyl (C=O) groups excluding carboxylic acids is 1. The normalized spacial score (nSPS) is 10.5. The summed E-state index contributed by atoms with van der Waals surface area (Å²) in [7, 11) is 0. The molecule has 0 heterocycles. The van der Waals surface area contributed by atoms with Crippen molar-refractivity contribution in [3.63, 3.8) is 0 Å². The van der Waals surface area contributed by atoms with Crippen LogP contribution in [0.25, 0.3) is 0 Å². The maximum atomic E-state index is 11.8. The fourth-order valence-electron chi connectivity index (χ4n) is 1.44. The number of hydrogen-bond donors (Lipinski definition) is 2. The molecule has 0 fully saturated rings. The van der Waals surface area contributed by atoms with Gasteiger partial charge in [-0.1, -0.05) is 19.9 Å². The number of hydrogen-bond acceptors (Lipinski definition) is 2. The lowest BCUT2D eigenvalue weighted by atomic mass is 10.1. The number of amides is 1. The van der Waals surface area contributed by atoms with E-state index >= 15 is 0 Å². The Kier molecular flexibility index (Phi) is 4.35. The Bertz CT molecular complexity index is 372. The summed E-state index contributed by atoms with van der Waals surface area (Å²) in [5.41, 5.74) is 1.17. The van der Waals surface area contributed by atoms with Crippen LogP contribution in [-0.2, 0) is 0 Å². The molecule has 0 saturated carbocycles. The monoisotopic (exact) mass is 221 g/mol. The van der Waals surface area contributed by atoms with E-state index < -0.39 is 0 Å². The van der Waals surface area contributed by atoms with Crippen molar-refractivity contribution < 1.29 is 9.90 Å². The molecule has 3 nitrogen and oxygen atoms in total. The zero-order valence-electron chi connectivity index (χ0n) is 10.1. The number of benzene rings is 1. The Labute approximate surface area is 96.5 Å². The second kappa shape index (κ2) is 5.54. The summed E-state index contributed by atoms with van der Waals surface area (Å²) < 4.78 is 0. The summed E-state index contributed by atoms with van der Waals surface area (Å²) >= 11 is 0. The first-order valence-electron chi connectivity index (χ1n) is 5.59. The van der Waals surface area contributed by atoms with Crippen molar-refractivity contribution in [1.82, 2.24) is 5.32 Å². The van der Waals surface area contributed by atoms with Gasteiger partial charge < -0.3 is 10.4 Å². The summed E-state index contributed by atoms with van der Waals surface area (Å²) in [5, 5.41) is 12.3. The molecule has 16 heavy (non-hydrogen) atoms. The van der Waals surface area contributed by atoms with Crippen LogP contribution in [0.2, 0.25) is 0 Å². The smallest absolute Gasteiger partial charge is 0.251 e. The molecule has 0 unspecified atom stereocenters. The third-order valence-corrected chi connectivity index (χ3v) is 2.56. The van der Waals surface area contributed by atoms with Crippen LogP contribution in [0.5, 0.6) is 5.75 Å². The van der Waals surface area contributed by atoms with Gasteiger partial charge in [-0.25, -0.2) is 0 Å². The van der Waals surface area contributed by atoms with Crippen LogP contribution in [0, 0.1) is 12.8 Å². The van der Waals surface area contributed by atoms with Crippen molar-refractivity contribution in [1.29, 1.82) is 0 Å². The van der Waals surface area contributed by atoms with Crippen LogP contribution < -0.4 is 5.32 Å². The number of phenolic OH excluding ortho intramolecular Hbond substituents is 1. The average molecular weight is 221 g/mol. The van der Waals surface area contributed by atoms with Gasteiger partial charge in [-0.05, 0) is 31.4 Å². The molecule has 0 aliphatic carbocycles. The number of rotatable bonds is 4. The topological polar surface area (TPSA) is 49.3 Å². The molecule has 1 amide bonds. The molecule has 88 valence electrons. The zero-order valence-corrected chi connectivity index (χ0v) is 10.1. The lowest BCUT2D eigenvalue weighted by molar-refractivity contribution is 0.0951. The van der Waals surface area contributed by atoms with E-state index in [-0.39, 0.29) is 11.7 Å². The van der Waals surface area contributed by atoms with Crippen molar-refractivity contribution in [2.75, 3.05) is 6.54 Å². The SMILES string of the molecule is Cc1c(O)cccc1C(=O)NCCC(C)C. The van der Waals surface area contributed by atoms with Gasteiger partial charge in [-0.3, -0.25) is 4.79 Å². The van der Waals surface area contributed by atoms with Gasteiger partial charge in [0.2, 0.25) is 0 Å². The molecule has 0 saturated heterocycles. The van der Waals surface area contributed by atoms with Gasteiger partial charge in [-0.15, -0.1) is 0 Å². The van der Waals surface area contributed by atoms with Gasteiger partial charge in [0, 0.05) is 17.7 Å². The summed E-state index contributed by atoms with van der Waals surface area (Å²) in [6, 6.07) is 4.99. The highest BCUT2D eigenvalue weighted by atomic mass is 16.3. The molecule has 0 aliphatic heterocycles. The van der Waals surface area contributed by atoms with E-state index in [2.05, 4.69) is 19.2 Å². The summed E-state index contributed by atoms with van der Waals surface area (Å²) in [5.74, 6) is 0.621. The Balaban J connectivity index is 2.63. The fraction of sp³-hybridized carbons (Fsp3) is 0.462. The lowest BCUT2D eigenvalue weighted by Gasteiger charge is -2.09. The highest BCUT2D eigenvalue weighted by molar-refractivity contribution is 5.96. The minimum Gasteiger partial charge on any atom is -0.508 e. The molecule has 0 aliphatic rings. The summed E-state index contributed by atoms with van der Waals surface area (Å²) in [6.07, 6.45) is 0.962. The van der Waals surface area contributed by atoms with E-state index in [1.807, 2.05) is 0 Å². The molecule has 0 atom stereocenters. The van der Waals surface area contributed by atoms with Crippen LogP contribution in [0.3, 0.4) is 0 Å². The molecular weight excluding hydrogens is 202 g/mol. The van der Waals surface area contributed by atoms with E-state index in [1.165, 1.54) is 0 Å². The van der Waals surface area contributed by atoms with Gasteiger partial charge in [0.15, 0.2) is 0 Å². The van der Waals surface area contributed by atoms with Crippen LogP contribution in [0.15, 0.2) is 18.2 Å². The summed E-state index contributed by atoms with van der Waals surface area (Å²) in [4.78, 5) is 11.8. The van der Waals surface area contributed by atoms with Crippen LogP contribution in [0.1, 0.15) is 36.2 Å². The predicted octanol–water partition coefficient (Wildman–Crippen LogP) is 2.48. The molecule has 0 aromatic heterocycles. The van der Waals surface area contributed by atoms with Crippen molar-refractivity contribution in [2.45, 2.75) is 27.2 Å². The van der Waals surface area contributed by atoms with E-state index in [9.17, 15) is 9.90 Å². The number of carbonyl (C=O) groups is 1. The van der Waals surface area contributed by atoms with E-state index in [4.69, 9.17) is 0 Å². The van der Waals surface area contributed by atoms with Gasteiger partial charge in [0.1, 0.15) is 5.75 Å². The standard InChI is InChI=1S/C13H19NO2/c1-9(2)7-8-14-13(16)11-5-4-6-12(15)10(11)3/h4-6,9,15H,7-8H2,1-3H3,(H,14,16). The highest BCUT2D eigenvalue weighted by Gasteiger charge is 2.10. The Hall–Kier alpha value is -1.51. The summed E-state index contributed by atoms with van der Waals surface area (Å²) in [6.45, 7) is 6.65. The highest BCUT2D eigenvalue weighted by Crippen LogP contribution is 2.19. The van der Waals surface area contributed by atoms with Gasteiger partial charge in [-0.2, -0.15) is 0 Å². The van der Waals surface area contributed by atoms with Crippen molar-refractivity contribution in [3.8, 4) is 5.75 Å². The number of phenols is 1. The van der Waals surface area contributed by atoms with E-state index in [0.717, 1.165) is 6.42 Å². The Morgan fingerprint density at radius 2 is 2.12 bits per heavy atom. The molecule has 1 aromatic carbocycles. The molecular formula is C13H19NO2. The Morgan fingerprint density at radius 1 is 1.44 bits per heavy atom. The first kappa shape index (κ1) is 12.6. The lowest BCUT2D eigenvalue weighted by Crippen LogP contribution is -2.25. The zero-order chi connectivity index (χ0) is 12.1. The van der Waals surface area contributed by atoms with Crippen molar-refractivity contribution >= 4 is 5.91 Å². The fourth-order valence-corrected chi connectivity index (χ4v) is 1.44. The molecule has 2 N–H and O–H groups in total. The van der Waals surface area contributed by atoms with Crippen LogP contribution in [0.4, 0.5) is 0 Å². The second-order valence-corrected chi connectivity index (χ2v) is 4.39. The van der Waals surface area contributed by atoms with Gasteiger partial charge >= 0.3 is 0 Å². The number of aromatic hydroxyl groups is 1. The minimum atomic E-state index is -0.117. The van der Waals surface area contributed by atoms with Crippen LogP contribution in [-0.4, -0.2) is 17.6 Å². The third-order valence-electron chi connectivity index (χ3n) is 2.56. The third kappa shape index (κ3) is 3.26. The van der Waals surface area contributed by atoms with Crippen molar-refractivity contribution in [2.24, 2.45) is 5.92 Å². The van der Waals surface area contributed by atoms with Crippen LogP contribution >= 0.6 is 0 Å². The second-order valence-electron chi connectivity index (χ2n) is 4.39. The quantitative estimate of drug-likeness (QED) is 0.820.